The van der Waals surface area contributed by atoms with Crippen LogP contribution in [0, 0.1) is 0 Å². The number of carbonyl (C=O) groups excluding carboxylic acids is 1. The van der Waals surface area contributed by atoms with Gasteiger partial charge in [-0.2, -0.15) is 14.6 Å². The number of allylic oxidation sites excluding steroid dienone is 4. The number of fused-ring (bicyclic) bond motifs is 1. The molecule has 0 unspecified atom stereocenters. The zero-order chi connectivity index (χ0) is 18.1. The summed E-state index contributed by atoms with van der Waals surface area (Å²) < 4.78 is 1.48. The summed E-state index contributed by atoms with van der Waals surface area (Å²) in [5.41, 5.74) is 6.34. The molecule has 3 rings (SSSR count). The average Bonchev–Trinajstić information content (AvgIpc) is 2.99. The number of nitrogen functional groups attached to an aromatic ring is 1. The first-order chi connectivity index (χ1) is 11.9. The number of nitrogens with zero attached hydrogens (tertiary/aromatic N) is 3. The molecule has 0 fully saturated rings. The zero-order valence-corrected chi connectivity index (χ0v) is 14.7. The van der Waals surface area contributed by atoms with Crippen molar-refractivity contribution in [2.45, 2.75) is 32.6 Å². The van der Waals surface area contributed by atoms with Gasteiger partial charge >= 0.3 is 0 Å². The molecule has 0 atom stereocenters. The van der Waals surface area contributed by atoms with Gasteiger partial charge in [0, 0.05) is 5.92 Å². The number of anilines is 1. The number of nitrogens with two attached hydrogens (primary N) is 1. The largest absolute Gasteiger partial charge is 0.504 e. The van der Waals surface area contributed by atoms with E-state index >= 15 is 0 Å². The van der Waals surface area contributed by atoms with E-state index in [1.54, 1.807) is 0 Å². The maximum atomic E-state index is 12.3. The molecule has 2 heterocycles. The lowest BCUT2D eigenvalue weighted by molar-refractivity contribution is -0.113. The number of carbonyl (C=O) groups is 1. The Hall–Kier alpha value is -2.74. The highest BCUT2D eigenvalue weighted by Crippen LogP contribution is 2.28. The molecule has 0 saturated heterocycles. The predicted octanol–water partition coefficient (Wildman–Crippen LogP) is 2.60. The molecule has 2 aromatic heterocycles. The number of hydrogen-bond acceptors (Lipinski definition) is 7. The minimum Gasteiger partial charge on any atom is -0.504 e. The van der Waals surface area contributed by atoms with Crippen molar-refractivity contribution in [1.82, 2.24) is 14.6 Å². The summed E-state index contributed by atoms with van der Waals surface area (Å²) >= 11 is 1.37. The monoisotopic (exact) mass is 358 g/mol. The van der Waals surface area contributed by atoms with Gasteiger partial charge in [0.25, 0.3) is 5.56 Å². The van der Waals surface area contributed by atoms with Gasteiger partial charge < -0.3 is 10.8 Å². The fourth-order valence-electron chi connectivity index (χ4n) is 2.63. The third kappa shape index (κ3) is 3.12. The molecule has 1 aliphatic rings. The van der Waals surface area contributed by atoms with Crippen LogP contribution in [0.25, 0.3) is 11.0 Å². The van der Waals surface area contributed by atoms with Gasteiger partial charge in [-0.15, -0.1) is 0 Å². The molecule has 0 bridgehead atoms. The number of ketones is 1. The van der Waals surface area contributed by atoms with E-state index in [0.29, 0.717) is 16.5 Å². The molecule has 0 spiro atoms. The summed E-state index contributed by atoms with van der Waals surface area (Å²) in [7, 11) is 0. The molecule has 0 radical (unpaired) electrons. The van der Waals surface area contributed by atoms with Crippen molar-refractivity contribution in [2.75, 3.05) is 5.73 Å². The van der Waals surface area contributed by atoms with Crippen LogP contribution in [-0.4, -0.2) is 25.5 Å². The Kier molecular flexibility index (Phi) is 4.54. The van der Waals surface area contributed by atoms with E-state index in [4.69, 9.17) is 5.73 Å². The van der Waals surface area contributed by atoms with Gasteiger partial charge in [0.2, 0.25) is 10.7 Å². The van der Waals surface area contributed by atoms with Crippen molar-refractivity contribution in [1.29, 1.82) is 0 Å². The number of aliphatic hydroxyl groups excluding tert-OH is 1. The summed E-state index contributed by atoms with van der Waals surface area (Å²) in [6.45, 7) is 4.18. The minimum atomic E-state index is -0.482. The van der Waals surface area contributed by atoms with Gasteiger partial charge in [-0.05, 0) is 36.6 Å². The Balaban J connectivity index is 2.13. The number of hydrogen-bond donors (Lipinski definition) is 2. The second-order valence-electron chi connectivity index (χ2n) is 5.74. The second-order valence-corrected chi connectivity index (χ2v) is 6.72. The number of rotatable bonds is 4. The van der Waals surface area contributed by atoms with Gasteiger partial charge in [-0.3, -0.25) is 9.59 Å². The smallest absolute Gasteiger partial charge is 0.283 e. The highest BCUT2D eigenvalue weighted by molar-refractivity contribution is 7.16. The lowest BCUT2D eigenvalue weighted by Crippen LogP contribution is -2.17. The third-order valence-corrected chi connectivity index (χ3v) is 5.21. The lowest BCUT2D eigenvalue weighted by atomic mass is 10.1. The summed E-state index contributed by atoms with van der Waals surface area (Å²) in [5, 5.41) is 14.9. The topological polar surface area (TPSA) is 111 Å². The van der Waals surface area contributed by atoms with Crippen LogP contribution in [0.15, 0.2) is 34.4 Å². The lowest BCUT2D eigenvalue weighted by Gasteiger charge is -2.06. The van der Waals surface area contributed by atoms with Crippen LogP contribution in [0.1, 0.15) is 43.2 Å². The van der Waals surface area contributed by atoms with Crippen molar-refractivity contribution in [3.63, 3.8) is 0 Å². The normalized spacial score (nSPS) is 16.2. The molecule has 130 valence electrons. The third-order valence-electron chi connectivity index (χ3n) is 4.14. The van der Waals surface area contributed by atoms with E-state index in [-0.39, 0.29) is 17.1 Å². The van der Waals surface area contributed by atoms with Crippen LogP contribution < -0.4 is 11.3 Å². The summed E-state index contributed by atoms with van der Waals surface area (Å²) in [6.07, 6.45) is 7.41. The maximum Gasteiger partial charge on any atom is 0.283 e. The zero-order valence-electron chi connectivity index (χ0n) is 13.9. The van der Waals surface area contributed by atoms with Crippen molar-refractivity contribution >= 4 is 34.0 Å². The van der Waals surface area contributed by atoms with Crippen molar-refractivity contribution < 1.29 is 9.90 Å². The SMILES string of the molecule is CCC(CC)c1nn2c(N)c(/C=C3\C=CC(=O)C(O)=C3)c(=O)nc2s1. The number of aromatic nitrogens is 3. The molecule has 0 saturated carbocycles. The fraction of sp³-hybridized carbons (Fsp3) is 0.294. The van der Waals surface area contributed by atoms with Crippen molar-refractivity contribution in [3.8, 4) is 0 Å². The van der Waals surface area contributed by atoms with Crippen LogP contribution in [0.3, 0.4) is 0 Å². The fourth-order valence-corrected chi connectivity index (χ4v) is 3.79. The molecule has 25 heavy (non-hydrogen) atoms. The van der Waals surface area contributed by atoms with Crippen molar-refractivity contribution in [2.24, 2.45) is 0 Å². The first kappa shape index (κ1) is 17.1. The van der Waals surface area contributed by atoms with Gasteiger partial charge in [0.15, 0.2) is 5.76 Å². The first-order valence-corrected chi connectivity index (χ1v) is 8.80. The van der Waals surface area contributed by atoms with Crippen LogP contribution in [-0.2, 0) is 4.79 Å². The quantitative estimate of drug-likeness (QED) is 0.869. The van der Waals surface area contributed by atoms with Crippen LogP contribution in [0.2, 0.25) is 0 Å². The van der Waals surface area contributed by atoms with E-state index in [9.17, 15) is 14.7 Å². The minimum absolute atomic E-state index is 0.178. The second kappa shape index (κ2) is 6.64. The van der Waals surface area contributed by atoms with Crippen LogP contribution in [0.5, 0.6) is 0 Å². The van der Waals surface area contributed by atoms with Crippen molar-refractivity contribution in [3.05, 3.63) is 50.5 Å². The standard InChI is InChI=1S/C17H18N4O3S/c1-3-10(4-2)16-20-21-14(18)11(15(24)19-17(21)25-16)7-9-5-6-12(22)13(23)8-9/h5-8,10,23H,3-4,18H2,1-2H3/b9-7+. The molecular formula is C17H18N4O3S. The average molecular weight is 358 g/mol. The Bertz CT molecular complexity index is 993. The predicted molar refractivity (Wildman–Crippen MR) is 97.7 cm³/mol. The number of aliphatic hydroxyl groups is 1. The molecule has 1 aliphatic carbocycles. The highest BCUT2D eigenvalue weighted by Gasteiger charge is 2.18. The van der Waals surface area contributed by atoms with Gasteiger partial charge in [0.05, 0.1) is 5.56 Å². The Morgan fingerprint density at radius 3 is 2.68 bits per heavy atom. The van der Waals surface area contributed by atoms with Gasteiger partial charge in [0.1, 0.15) is 10.8 Å². The Morgan fingerprint density at radius 2 is 2.04 bits per heavy atom. The van der Waals surface area contributed by atoms with E-state index in [1.807, 2.05) is 0 Å². The van der Waals surface area contributed by atoms with E-state index in [1.165, 1.54) is 40.2 Å². The molecular weight excluding hydrogens is 340 g/mol. The summed E-state index contributed by atoms with van der Waals surface area (Å²) in [4.78, 5) is 28.2. The van der Waals surface area contributed by atoms with Crippen LogP contribution in [0.4, 0.5) is 5.82 Å². The molecule has 0 aromatic carbocycles. The molecule has 0 aliphatic heterocycles. The molecule has 3 N–H and O–H groups in total. The molecule has 8 heteroatoms. The Labute approximate surface area is 147 Å². The van der Waals surface area contributed by atoms with E-state index < -0.39 is 11.3 Å². The first-order valence-electron chi connectivity index (χ1n) is 7.98. The molecule has 7 nitrogen and oxygen atoms in total. The maximum absolute atomic E-state index is 12.3. The van der Waals surface area contributed by atoms with E-state index in [2.05, 4.69) is 23.9 Å². The summed E-state index contributed by atoms with van der Waals surface area (Å²) in [5.74, 6) is -0.375. The molecule has 0 amide bonds. The van der Waals surface area contributed by atoms with Gasteiger partial charge in [-0.25, -0.2) is 0 Å². The van der Waals surface area contributed by atoms with Gasteiger partial charge in [-0.1, -0.05) is 31.3 Å². The van der Waals surface area contributed by atoms with Crippen LogP contribution >= 0.6 is 11.3 Å². The summed E-state index contributed by atoms with van der Waals surface area (Å²) in [6, 6.07) is 0. The Morgan fingerprint density at radius 1 is 1.32 bits per heavy atom. The highest BCUT2D eigenvalue weighted by atomic mass is 32.1. The molecule has 2 aromatic rings. The van der Waals surface area contributed by atoms with E-state index in [0.717, 1.165) is 17.8 Å².